The lowest BCUT2D eigenvalue weighted by molar-refractivity contribution is -0.135. The first kappa shape index (κ1) is 17.6. The number of rotatable bonds is 5. The summed E-state index contributed by atoms with van der Waals surface area (Å²) >= 11 is 1.86. The Morgan fingerprint density at radius 3 is 2.27 bits per heavy atom. The molecule has 1 spiro atoms. The molecule has 0 aromatic rings. The summed E-state index contributed by atoms with van der Waals surface area (Å²) in [6.45, 7) is 8.88. The molecule has 0 saturated carbocycles. The van der Waals surface area contributed by atoms with Gasteiger partial charge in [0.25, 0.3) is 5.91 Å². The molecule has 0 bridgehead atoms. The molecule has 1 unspecified atom stereocenters. The number of carbonyl (C=O) groups excluding carboxylic acids is 2. The SMILES string of the molecule is CSCC(C)N1CCC2(CC1)C(=O)N(C)C(=O)N2CC(C)C. The highest BCUT2D eigenvalue weighted by Gasteiger charge is 2.56. The Hall–Kier alpha value is -0.750. The van der Waals surface area contributed by atoms with E-state index in [1.54, 1.807) is 7.05 Å². The Balaban J connectivity index is 2.14. The molecule has 126 valence electrons. The van der Waals surface area contributed by atoms with Gasteiger partial charge < -0.3 is 4.90 Å². The minimum Gasteiger partial charge on any atom is -0.309 e. The first-order valence-corrected chi connectivity index (χ1v) is 9.55. The van der Waals surface area contributed by atoms with Gasteiger partial charge in [-0.3, -0.25) is 14.6 Å². The number of urea groups is 1. The highest BCUT2D eigenvalue weighted by Crippen LogP contribution is 2.37. The first-order valence-electron chi connectivity index (χ1n) is 8.16. The van der Waals surface area contributed by atoms with Crippen LogP contribution in [0.25, 0.3) is 0 Å². The van der Waals surface area contributed by atoms with E-state index in [0.29, 0.717) is 18.5 Å². The molecule has 0 aromatic heterocycles. The third-order valence-corrected chi connectivity index (χ3v) is 5.76. The van der Waals surface area contributed by atoms with E-state index in [4.69, 9.17) is 0 Å². The van der Waals surface area contributed by atoms with Crippen LogP contribution in [0.1, 0.15) is 33.6 Å². The number of nitrogens with zero attached hydrogens (tertiary/aromatic N) is 3. The van der Waals surface area contributed by atoms with Crippen LogP contribution in [0.4, 0.5) is 4.79 Å². The minimum atomic E-state index is -0.592. The van der Waals surface area contributed by atoms with Crippen LogP contribution in [0, 0.1) is 5.92 Å². The smallest absolute Gasteiger partial charge is 0.309 e. The fraction of sp³-hybridized carbons (Fsp3) is 0.875. The van der Waals surface area contributed by atoms with Gasteiger partial charge in [0.2, 0.25) is 0 Å². The van der Waals surface area contributed by atoms with Crippen molar-refractivity contribution in [2.45, 2.75) is 45.2 Å². The number of piperidine rings is 1. The minimum absolute atomic E-state index is 0.00433. The van der Waals surface area contributed by atoms with Gasteiger partial charge in [0.05, 0.1) is 0 Å². The average molecular weight is 327 g/mol. The maximum absolute atomic E-state index is 12.7. The fourth-order valence-corrected chi connectivity index (χ4v) is 4.35. The molecule has 6 heteroatoms. The van der Waals surface area contributed by atoms with Gasteiger partial charge >= 0.3 is 6.03 Å². The van der Waals surface area contributed by atoms with Crippen LogP contribution in [0.3, 0.4) is 0 Å². The molecule has 0 aliphatic carbocycles. The van der Waals surface area contributed by atoms with Crippen LogP contribution in [-0.4, -0.2) is 76.9 Å². The summed E-state index contributed by atoms with van der Waals surface area (Å²) < 4.78 is 0. The Morgan fingerprint density at radius 1 is 1.18 bits per heavy atom. The van der Waals surface area contributed by atoms with Crippen molar-refractivity contribution < 1.29 is 9.59 Å². The largest absolute Gasteiger partial charge is 0.327 e. The monoisotopic (exact) mass is 327 g/mol. The molecule has 2 aliphatic rings. The second-order valence-corrected chi connectivity index (χ2v) is 7.93. The predicted octanol–water partition coefficient (Wildman–Crippen LogP) is 2.12. The zero-order valence-corrected chi connectivity index (χ0v) is 15.3. The highest BCUT2D eigenvalue weighted by atomic mass is 32.2. The molecule has 2 heterocycles. The zero-order valence-electron chi connectivity index (χ0n) is 14.5. The Kier molecular flexibility index (Phi) is 5.43. The number of thioether (sulfide) groups is 1. The maximum Gasteiger partial charge on any atom is 0.327 e. The lowest BCUT2D eigenvalue weighted by Crippen LogP contribution is -2.58. The fourth-order valence-electron chi connectivity index (χ4n) is 3.66. The number of likely N-dealkylation sites (tertiary alicyclic amines) is 1. The molecule has 22 heavy (non-hydrogen) atoms. The predicted molar refractivity (Wildman–Crippen MR) is 91.1 cm³/mol. The molecule has 1 atom stereocenters. The van der Waals surface area contributed by atoms with Crippen molar-refractivity contribution in [3.8, 4) is 0 Å². The van der Waals surface area contributed by atoms with E-state index in [0.717, 1.165) is 31.7 Å². The van der Waals surface area contributed by atoms with Gasteiger partial charge in [-0.05, 0) is 31.9 Å². The summed E-state index contributed by atoms with van der Waals surface area (Å²) in [4.78, 5) is 30.8. The molecule has 0 radical (unpaired) electrons. The van der Waals surface area contributed by atoms with Crippen LogP contribution in [0.15, 0.2) is 0 Å². The maximum atomic E-state index is 12.7. The third kappa shape index (κ3) is 3.00. The van der Waals surface area contributed by atoms with Crippen molar-refractivity contribution in [2.75, 3.05) is 38.7 Å². The van der Waals surface area contributed by atoms with Gasteiger partial charge in [0.15, 0.2) is 0 Å². The number of hydrogen-bond acceptors (Lipinski definition) is 4. The van der Waals surface area contributed by atoms with E-state index in [9.17, 15) is 9.59 Å². The van der Waals surface area contributed by atoms with E-state index >= 15 is 0 Å². The number of hydrogen-bond donors (Lipinski definition) is 0. The molecule has 2 aliphatic heterocycles. The van der Waals surface area contributed by atoms with E-state index in [1.165, 1.54) is 4.90 Å². The number of imide groups is 1. The van der Waals surface area contributed by atoms with Crippen LogP contribution >= 0.6 is 11.8 Å². The van der Waals surface area contributed by atoms with Crippen molar-refractivity contribution >= 4 is 23.7 Å². The molecular formula is C16H29N3O2S. The van der Waals surface area contributed by atoms with E-state index in [-0.39, 0.29) is 11.9 Å². The van der Waals surface area contributed by atoms with Crippen molar-refractivity contribution in [3.05, 3.63) is 0 Å². The molecular weight excluding hydrogens is 298 g/mol. The van der Waals surface area contributed by atoms with Gasteiger partial charge in [-0.25, -0.2) is 4.79 Å². The average Bonchev–Trinajstić information content (AvgIpc) is 2.64. The quantitative estimate of drug-likeness (QED) is 0.726. The molecule has 5 nitrogen and oxygen atoms in total. The van der Waals surface area contributed by atoms with Gasteiger partial charge in [0.1, 0.15) is 5.54 Å². The second-order valence-electron chi connectivity index (χ2n) is 7.02. The van der Waals surface area contributed by atoms with Gasteiger partial charge in [-0.15, -0.1) is 0 Å². The normalized spacial score (nSPS) is 23.9. The molecule has 2 saturated heterocycles. The van der Waals surface area contributed by atoms with Crippen LogP contribution in [-0.2, 0) is 4.79 Å². The molecule has 2 fully saturated rings. The van der Waals surface area contributed by atoms with Crippen molar-refractivity contribution in [2.24, 2.45) is 5.92 Å². The Labute approximate surface area is 138 Å². The number of amides is 3. The standard InChI is InChI=1S/C16H29N3O2S/c1-12(2)10-19-15(21)17(4)14(20)16(19)6-8-18(9-7-16)13(3)11-22-5/h12-13H,6-11H2,1-5H3. The van der Waals surface area contributed by atoms with Gasteiger partial charge in [0, 0.05) is 38.5 Å². The Bertz CT molecular complexity index is 433. The third-order valence-electron chi connectivity index (χ3n) is 4.94. The summed E-state index contributed by atoms with van der Waals surface area (Å²) in [6.07, 6.45) is 3.64. The number of carbonyl (C=O) groups is 2. The second kappa shape index (κ2) is 6.79. The van der Waals surface area contributed by atoms with Gasteiger partial charge in [-0.1, -0.05) is 13.8 Å². The lowest BCUT2D eigenvalue weighted by Gasteiger charge is -2.44. The van der Waals surface area contributed by atoms with Crippen LogP contribution < -0.4 is 0 Å². The molecule has 3 amide bonds. The zero-order chi connectivity index (χ0) is 16.5. The molecule has 0 N–H and O–H groups in total. The summed E-state index contributed by atoms with van der Waals surface area (Å²) in [5.74, 6) is 1.47. The lowest BCUT2D eigenvalue weighted by atomic mass is 9.85. The van der Waals surface area contributed by atoms with E-state index in [1.807, 2.05) is 16.7 Å². The summed E-state index contributed by atoms with van der Waals surface area (Å²) in [5, 5.41) is 0. The molecule has 0 aromatic carbocycles. The summed E-state index contributed by atoms with van der Waals surface area (Å²) in [6, 6.07) is 0.403. The first-order chi connectivity index (χ1) is 10.3. The van der Waals surface area contributed by atoms with Crippen LogP contribution in [0.5, 0.6) is 0 Å². The summed E-state index contributed by atoms with van der Waals surface area (Å²) in [7, 11) is 1.62. The van der Waals surface area contributed by atoms with Crippen molar-refractivity contribution in [3.63, 3.8) is 0 Å². The number of likely N-dealkylation sites (N-methyl/N-ethyl adjacent to an activating group) is 1. The van der Waals surface area contributed by atoms with Crippen LogP contribution in [0.2, 0.25) is 0 Å². The van der Waals surface area contributed by atoms with E-state index < -0.39 is 5.54 Å². The molecule has 2 rings (SSSR count). The Morgan fingerprint density at radius 2 is 1.77 bits per heavy atom. The summed E-state index contributed by atoms with van der Waals surface area (Å²) in [5.41, 5.74) is -0.592. The topological polar surface area (TPSA) is 43.9 Å². The highest BCUT2D eigenvalue weighted by molar-refractivity contribution is 7.98. The van der Waals surface area contributed by atoms with Crippen molar-refractivity contribution in [1.29, 1.82) is 0 Å². The van der Waals surface area contributed by atoms with E-state index in [2.05, 4.69) is 31.9 Å². The van der Waals surface area contributed by atoms with Crippen molar-refractivity contribution in [1.82, 2.24) is 14.7 Å². The van der Waals surface area contributed by atoms with Gasteiger partial charge in [-0.2, -0.15) is 11.8 Å².